The molecular weight excluding hydrogens is 256 g/mol. The Kier molecular flexibility index (Phi) is 4.98. The Hall–Kier alpha value is -2.04. The second-order valence-electron chi connectivity index (χ2n) is 4.90. The molecule has 2 rings (SSSR count). The molecule has 0 radical (unpaired) electrons. The first-order valence-corrected chi connectivity index (χ1v) is 6.83. The van der Waals surface area contributed by atoms with Crippen LogP contribution in [0.2, 0.25) is 0 Å². The molecule has 108 valence electrons. The maximum absolute atomic E-state index is 12.1. The van der Waals surface area contributed by atoms with Crippen molar-refractivity contribution in [2.75, 3.05) is 20.2 Å². The van der Waals surface area contributed by atoms with Crippen LogP contribution in [-0.4, -0.2) is 41.9 Å². The summed E-state index contributed by atoms with van der Waals surface area (Å²) >= 11 is 0. The molecule has 5 nitrogen and oxygen atoms in total. The number of likely N-dealkylation sites (tertiary alicyclic amines) is 1. The van der Waals surface area contributed by atoms with Crippen LogP contribution in [0.5, 0.6) is 5.75 Å². The molecule has 0 aromatic heterocycles. The Morgan fingerprint density at radius 3 is 2.50 bits per heavy atom. The highest BCUT2D eigenvalue weighted by Crippen LogP contribution is 2.14. The van der Waals surface area contributed by atoms with Gasteiger partial charge in [-0.2, -0.15) is 0 Å². The SMILES string of the molecule is COc1ccc(CCC(=O)N2CCC(=NO)CC2)cc1. The van der Waals surface area contributed by atoms with Crippen LogP contribution in [0, 0.1) is 0 Å². The molecule has 1 amide bonds. The summed E-state index contributed by atoms with van der Waals surface area (Å²) in [4.78, 5) is 13.9. The molecule has 1 N–H and O–H groups in total. The van der Waals surface area contributed by atoms with Crippen molar-refractivity contribution >= 4 is 11.6 Å². The standard InChI is InChI=1S/C15H20N2O3/c1-20-14-5-2-12(3-6-14)4-7-15(18)17-10-8-13(16-19)9-11-17/h2-3,5-6,19H,4,7-11H2,1H3. The number of hydrogen-bond acceptors (Lipinski definition) is 4. The Morgan fingerprint density at radius 1 is 1.30 bits per heavy atom. The van der Waals surface area contributed by atoms with Crippen molar-refractivity contribution in [3.63, 3.8) is 0 Å². The van der Waals surface area contributed by atoms with Gasteiger partial charge in [-0.3, -0.25) is 4.79 Å². The summed E-state index contributed by atoms with van der Waals surface area (Å²) in [6.07, 6.45) is 2.59. The van der Waals surface area contributed by atoms with Crippen molar-refractivity contribution < 1.29 is 14.7 Å². The minimum absolute atomic E-state index is 0.165. The lowest BCUT2D eigenvalue weighted by molar-refractivity contribution is -0.131. The monoisotopic (exact) mass is 276 g/mol. The predicted octanol–water partition coefficient (Wildman–Crippen LogP) is 2.08. The van der Waals surface area contributed by atoms with Crippen LogP contribution in [0.4, 0.5) is 0 Å². The molecule has 5 heteroatoms. The van der Waals surface area contributed by atoms with Crippen LogP contribution in [0.3, 0.4) is 0 Å². The molecule has 0 unspecified atom stereocenters. The summed E-state index contributed by atoms with van der Waals surface area (Å²) in [6.45, 7) is 1.31. The number of benzene rings is 1. The molecule has 1 saturated heterocycles. The van der Waals surface area contributed by atoms with Crippen LogP contribution < -0.4 is 4.74 Å². The minimum Gasteiger partial charge on any atom is -0.497 e. The Balaban J connectivity index is 1.80. The van der Waals surface area contributed by atoms with Crippen LogP contribution in [-0.2, 0) is 11.2 Å². The molecule has 1 aromatic rings. The number of nitrogens with zero attached hydrogens (tertiary/aromatic N) is 2. The van der Waals surface area contributed by atoms with E-state index >= 15 is 0 Å². The van der Waals surface area contributed by atoms with E-state index in [4.69, 9.17) is 9.94 Å². The molecular formula is C15H20N2O3. The van der Waals surface area contributed by atoms with Crippen molar-refractivity contribution in [2.45, 2.75) is 25.7 Å². The second-order valence-corrected chi connectivity index (χ2v) is 4.90. The summed E-state index contributed by atoms with van der Waals surface area (Å²) in [5, 5.41) is 11.9. The third-order valence-corrected chi connectivity index (χ3v) is 3.62. The fourth-order valence-corrected chi connectivity index (χ4v) is 2.32. The number of carbonyl (C=O) groups excluding carboxylic acids is 1. The summed E-state index contributed by atoms with van der Waals surface area (Å²) in [5.74, 6) is 0.990. The van der Waals surface area contributed by atoms with Crippen LogP contribution in [0.15, 0.2) is 29.4 Å². The number of ether oxygens (including phenoxy) is 1. The molecule has 0 saturated carbocycles. The van der Waals surface area contributed by atoms with Gasteiger partial charge in [0, 0.05) is 32.4 Å². The zero-order valence-electron chi connectivity index (χ0n) is 11.7. The first kappa shape index (κ1) is 14.4. The van der Waals surface area contributed by atoms with Gasteiger partial charge in [-0.05, 0) is 24.1 Å². The zero-order chi connectivity index (χ0) is 14.4. The highest BCUT2D eigenvalue weighted by Gasteiger charge is 2.19. The van der Waals surface area contributed by atoms with Gasteiger partial charge in [-0.1, -0.05) is 17.3 Å². The van der Waals surface area contributed by atoms with E-state index in [1.807, 2.05) is 29.2 Å². The number of amides is 1. The molecule has 1 heterocycles. The van der Waals surface area contributed by atoms with Gasteiger partial charge in [0.2, 0.25) is 5.91 Å². The van der Waals surface area contributed by atoms with Gasteiger partial charge in [0.05, 0.1) is 12.8 Å². The maximum atomic E-state index is 12.1. The molecule has 0 spiro atoms. The van der Waals surface area contributed by atoms with Gasteiger partial charge in [-0.25, -0.2) is 0 Å². The Labute approximate surface area is 118 Å². The second kappa shape index (κ2) is 6.93. The molecule has 1 aromatic carbocycles. The zero-order valence-corrected chi connectivity index (χ0v) is 11.7. The van der Waals surface area contributed by atoms with Gasteiger partial charge in [-0.15, -0.1) is 0 Å². The van der Waals surface area contributed by atoms with E-state index in [0.29, 0.717) is 32.4 Å². The van der Waals surface area contributed by atoms with E-state index in [-0.39, 0.29) is 5.91 Å². The quantitative estimate of drug-likeness (QED) is 0.676. The van der Waals surface area contributed by atoms with Crippen LogP contribution in [0.25, 0.3) is 0 Å². The topological polar surface area (TPSA) is 62.1 Å². The molecule has 1 aliphatic rings. The first-order chi connectivity index (χ1) is 9.72. The highest BCUT2D eigenvalue weighted by atomic mass is 16.5. The van der Waals surface area contributed by atoms with Crippen molar-refractivity contribution in [1.29, 1.82) is 0 Å². The molecule has 20 heavy (non-hydrogen) atoms. The van der Waals surface area contributed by atoms with E-state index in [2.05, 4.69) is 5.16 Å². The van der Waals surface area contributed by atoms with Crippen molar-refractivity contribution in [3.8, 4) is 5.75 Å². The average molecular weight is 276 g/mol. The number of oxime groups is 1. The van der Waals surface area contributed by atoms with Crippen molar-refractivity contribution in [3.05, 3.63) is 29.8 Å². The lowest BCUT2D eigenvalue weighted by Crippen LogP contribution is -2.38. The van der Waals surface area contributed by atoms with Crippen LogP contribution in [0.1, 0.15) is 24.8 Å². The average Bonchev–Trinajstić information content (AvgIpc) is 2.53. The number of piperidine rings is 1. The van der Waals surface area contributed by atoms with Crippen molar-refractivity contribution in [2.24, 2.45) is 5.16 Å². The van der Waals surface area contributed by atoms with Crippen molar-refractivity contribution in [1.82, 2.24) is 4.90 Å². The third kappa shape index (κ3) is 3.73. The fraction of sp³-hybridized carbons (Fsp3) is 0.467. The first-order valence-electron chi connectivity index (χ1n) is 6.83. The fourth-order valence-electron chi connectivity index (χ4n) is 2.32. The van der Waals surface area contributed by atoms with E-state index in [1.165, 1.54) is 0 Å². The Morgan fingerprint density at radius 2 is 1.95 bits per heavy atom. The summed E-state index contributed by atoms with van der Waals surface area (Å²) in [6, 6.07) is 7.78. The van der Waals surface area contributed by atoms with E-state index in [1.54, 1.807) is 7.11 Å². The maximum Gasteiger partial charge on any atom is 0.222 e. The smallest absolute Gasteiger partial charge is 0.222 e. The minimum atomic E-state index is 0.165. The van der Waals surface area contributed by atoms with Gasteiger partial charge in [0.25, 0.3) is 0 Å². The normalized spacial score (nSPS) is 15.1. The van der Waals surface area contributed by atoms with E-state index in [9.17, 15) is 4.79 Å². The molecule has 1 aliphatic heterocycles. The molecule has 0 atom stereocenters. The van der Waals surface area contributed by atoms with Gasteiger partial charge < -0.3 is 14.8 Å². The van der Waals surface area contributed by atoms with Gasteiger partial charge in [0.15, 0.2) is 0 Å². The number of hydrogen-bond donors (Lipinski definition) is 1. The molecule has 0 aliphatic carbocycles. The molecule has 0 bridgehead atoms. The number of rotatable bonds is 4. The summed E-state index contributed by atoms with van der Waals surface area (Å²) in [5.41, 5.74) is 1.91. The summed E-state index contributed by atoms with van der Waals surface area (Å²) in [7, 11) is 1.64. The van der Waals surface area contributed by atoms with Gasteiger partial charge in [0.1, 0.15) is 5.75 Å². The lowest BCUT2D eigenvalue weighted by atomic mass is 10.1. The van der Waals surface area contributed by atoms with Crippen LogP contribution >= 0.6 is 0 Å². The number of carbonyl (C=O) groups is 1. The van der Waals surface area contributed by atoms with E-state index in [0.717, 1.165) is 23.4 Å². The number of methoxy groups -OCH3 is 1. The largest absolute Gasteiger partial charge is 0.497 e. The molecule has 1 fully saturated rings. The van der Waals surface area contributed by atoms with Gasteiger partial charge >= 0.3 is 0 Å². The Bertz CT molecular complexity index is 472. The highest BCUT2D eigenvalue weighted by molar-refractivity contribution is 5.87. The van der Waals surface area contributed by atoms with E-state index < -0.39 is 0 Å². The lowest BCUT2D eigenvalue weighted by Gasteiger charge is -2.27. The predicted molar refractivity (Wildman–Crippen MR) is 76.4 cm³/mol. The number of aryl methyl sites for hydroxylation is 1. The summed E-state index contributed by atoms with van der Waals surface area (Å²) < 4.78 is 5.10. The third-order valence-electron chi connectivity index (χ3n) is 3.62.